The van der Waals surface area contributed by atoms with Gasteiger partial charge < -0.3 is 14.5 Å². The first-order chi connectivity index (χ1) is 15.7. The number of anilines is 1. The number of rotatable bonds is 7. The number of piperazine rings is 1. The molecule has 2 aromatic heterocycles. The summed E-state index contributed by atoms with van der Waals surface area (Å²) in [7, 11) is 1.69. The number of benzene rings is 1. The lowest BCUT2D eigenvalue weighted by atomic mass is 10.2. The smallest absolute Gasteiger partial charge is 0.233 e. The number of hydrogen-bond acceptors (Lipinski definition) is 7. The SMILES string of the molecule is COc1ccccc1N1CCN(C(=O)CSc2nnc(-c3ccncc3)n2C2CC2)CC1. The Morgan fingerprint density at radius 3 is 2.53 bits per heavy atom. The number of thioether (sulfide) groups is 1. The number of pyridine rings is 1. The summed E-state index contributed by atoms with van der Waals surface area (Å²) < 4.78 is 7.67. The molecule has 32 heavy (non-hydrogen) atoms. The summed E-state index contributed by atoms with van der Waals surface area (Å²) in [5.74, 6) is 2.24. The molecule has 2 fully saturated rings. The van der Waals surface area contributed by atoms with Crippen LogP contribution in [0.3, 0.4) is 0 Å². The molecule has 1 aromatic carbocycles. The number of para-hydroxylation sites is 2. The third-order valence-electron chi connectivity index (χ3n) is 5.90. The highest BCUT2D eigenvalue weighted by Crippen LogP contribution is 2.41. The first-order valence-electron chi connectivity index (χ1n) is 10.9. The van der Waals surface area contributed by atoms with Crippen LogP contribution in [0.15, 0.2) is 53.9 Å². The highest BCUT2D eigenvalue weighted by molar-refractivity contribution is 7.99. The van der Waals surface area contributed by atoms with Crippen molar-refractivity contribution in [1.82, 2.24) is 24.6 Å². The summed E-state index contributed by atoms with van der Waals surface area (Å²) in [5.41, 5.74) is 2.09. The van der Waals surface area contributed by atoms with Crippen LogP contribution in [0.2, 0.25) is 0 Å². The molecule has 1 amide bonds. The highest BCUT2D eigenvalue weighted by atomic mass is 32.2. The first-order valence-corrected chi connectivity index (χ1v) is 11.9. The van der Waals surface area contributed by atoms with E-state index in [4.69, 9.17) is 4.74 Å². The van der Waals surface area contributed by atoms with Gasteiger partial charge in [0.15, 0.2) is 11.0 Å². The van der Waals surface area contributed by atoms with E-state index < -0.39 is 0 Å². The van der Waals surface area contributed by atoms with Crippen LogP contribution in [0.25, 0.3) is 11.4 Å². The molecule has 3 aromatic rings. The topological polar surface area (TPSA) is 76.4 Å². The van der Waals surface area contributed by atoms with E-state index in [0.29, 0.717) is 24.9 Å². The third kappa shape index (κ3) is 4.29. The average molecular weight is 451 g/mol. The maximum Gasteiger partial charge on any atom is 0.233 e. The Labute approximate surface area is 191 Å². The van der Waals surface area contributed by atoms with Crippen molar-refractivity contribution in [3.05, 3.63) is 48.8 Å². The lowest BCUT2D eigenvalue weighted by Crippen LogP contribution is -2.49. The molecule has 0 spiro atoms. The number of aromatic nitrogens is 4. The van der Waals surface area contributed by atoms with Gasteiger partial charge in [-0.25, -0.2) is 0 Å². The molecular formula is C23H26N6O2S. The van der Waals surface area contributed by atoms with Crippen LogP contribution in [0.4, 0.5) is 5.69 Å². The summed E-state index contributed by atoms with van der Waals surface area (Å²) in [6, 6.07) is 12.3. The van der Waals surface area contributed by atoms with Crippen molar-refractivity contribution in [1.29, 1.82) is 0 Å². The van der Waals surface area contributed by atoms with Gasteiger partial charge in [-0.2, -0.15) is 0 Å². The average Bonchev–Trinajstić information content (AvgIpc) is 3.61. The van der Waals surface area contributed by atoms with Crippen LogP contribution in [0, 0.1) is 0 Å². The Morgan fingerprint density at radius 1 is 1.06 bits per heavy atom. The van der Waals surface area contributed by atoms with Crippen molar-refractivity contribution in [2.75, 3.05) is 43.9 Å². The van der Waals surface area contributed by atoms with Gasteiger partial charge in [-0.1, -0.05) is 23.9 Å². The van der Waals surface area contributed by atoms with Crippen LogP contribution in [-0.2, 0) is 4.79 Å². The number of ether oxygens (including phenoxy) is 1. The molecule has 5 rings (SSSR count). The molecule has 3 heterocycles. The maximum absolute atomic E-state index is 12.9. The molecule has 0 radical (unpaired) electrons. The second-order valence-corrected chi connectivity index (χ2v) is 8.91. The molecule has 0 atom stereocenters. The normalized spacial score (nSPS) is 16.3. The van der Waals surface area contributed by atoms with Gasteiger partial charge in [0.25, 0.3) is 0 Å². The summed E-state index contributed by atoms with van der Waals surface area (Å²) in [4.78, 5) is 21.2. The molecular weight excluding hydrogens is 424 g/mol. The minimum Gasteiger partial charge on any atom is -0.495 e. The van der Waals surface area contributed by atoms with E-state index in [1.165, 1.54) is 11.8 Å². The number of carbonyl (C=O) groups excluding carboxylic acids is 1. The van der Waals surface area contributed by atoms with Gasteiger partial charge in [-0.05, 0) is 37.1 Å². The molecule has 1 saturated heterocycles. The van der Waals surface area contributed by atoms with Crippen molar-refractivity contribution < 1.29 is 9.53 Å². The predicted molar refractivity (Wildman–Crippen MR) is 124 cm³/mol. The molecule has 2 aliphatic rings. The summed E-state index contributed by atoms with van der Waals surface area (Å²) in [5, 5.41) is 9.64. The molecule has 0 bridgehead atoms. The van der Waals surface area contributed by atoms with E-state index in [9.17, 15) is 4.79 Å². The molecule has 9 heteroatoms. The molecule has 1 aliphatic heterocycles. The van der Waals surface area contributed by atoms with Gasteiger partial charge in [-0.15, -0.1) is 10.2 Å². The minimum absolute atomic E-state index is 0.144. The van der Waals surface area contributed by atoms with Gasteiger partial charge in [0, 0.05) is 50.2 Å². The summed E-state index contributed by atoms with van der Waals surface area (Å²) >= 11 is 1.48. The van der Waals surface area contributed by atoms with E-state index in [-0.39, 0.29) is 5.91 Å². The molecule has 166 valence electrons. The minimum atomic E-state index is 0.144. The molecule has 1 aliphatic carbocycles. The predicted octanol–water partition coefficient (Wildman–Crippen LogP) is 3.12. The lowest BCUT2D eigenvalue weighted by molar-refractivity contribution is -0.128. The summed E-state index contributed by atoms with van der Waals surface area (Å²) in [6.07, 6.45) is 5.79. The van der Waals surface area contributed by atoms with Crippen molar-refractivity contribution in [3.63, 3.8) is 0 Å². The molecule has 8 nitrogen and oxygen atoms in total. The van der Waals surface area contributed by atoms with Crippen LogP contribution in [0.5, 0.6) is 5.75 Å². The van der Waals surface area contributed by atoms with Crippen molar-refractivity contribution in [3.8, 4) is 17.1 Å². The Kier molecular flexibility index (Phi) is 5.98. The number of methoxy groups -OCH3 is 1. The maximum atomic E-state index is 12.9. The summed E-state index contributed by atoms with van der Waals surface area (Å²) in [6.45, 7) is 2.99. The van der Waals surface area contributed by atoms with Crippen molar-refractivity contribution in [2.24, 2.45) is 0 Å². The highest BCUT2D eigenvalue weighted by Gasteiger charge is 2.31. The standard InChI is InChI=1S/C23H26N6O2S/c1-31-20-5-3-2-4-19(20)27-12-14-28(15-13-27)21(30)16-32-23-26-25-22(29(23)18-6-7-18)17-8-10-24-11-9-17/h2-5,8-11,18H,6-7,12-16H2,1H3. The van der Waals surface area contributed by atoms with Crippen LogP contribution < -0.4 is 9.64 Å². The second kappa shape index (κ2) is 9.20. The zero-order chi connectivity index (χ0) is 21.9. The van der Waals surface area contributed by atoms with E-state index in [1.807, 2.05) is 35.2 Å². The van der Waals surface area contributed by atoms with Crippen molar-refractivity contribution in [2.45, 2.75) is 24.0 Å². The second-order valence-electron chi connectivity index (χ2n) is 7.97. The van der Waals surface area contributed by atoms with Gasteiger partial charge >= 0.3 is 0 Å². The third-order valence-corrected chi connectivity index (χ3v) is 6.83. The van der Waals surface area contributed by atoms with Gasteiger partial charge in [-0.3, -0.25) is 14.3 Å². The van der Waals surface area contributed by atoms with E-state index >= 15 is 0 Å². The zero-order valence-electron chi connectivity index (χ0n) is 18.1. The monoisotopic (exact) mass is 450 g/mol. The van der Waals surface area contributed by atoms with Gasteiger partial charge in [0.2, 0.25) is 5.91 Å². The van der Waals surface area contributed by atoms with Crippen LogP contribution >= 0.6 is 11.8 Å². The number of nitrogens with zero attached hydrogens (tertiary/aromatic N) is 6. The molecule has 1 saturated carbocycles. The van der Waals surface area contributed by atoms with Crippen LogP contribution in [-0.4, -0.2) is 69.6 Å². The lowest BCUT2D eigenvalue weighted by Gasteiger charge is -2.36. The van der Waals surface area contributed by atoms with E-state index in [2.05, 4.69) is 30.7 Å². The van der Waals surface area contributed by atoms with E-state index in [1.54, 1.807) is 19.5 Å². The largest absolute Gasteiger partial charge is 0.495 e. The number of carbonyl (C=O) groups is 1. The zero-order valence-corrected chi connectivity index (χ0v) is 18.9. The van der Waals surface area contributed by atoms with Gasteiger partial charge in [0.05, 0.1) is 18.6 Å². The number of amides is 1. The Balaban J connectivity index is 1.21. The number of hydrogen-bond donors (Lipinski definition) is 0. The Bertz CT molecular complexity index is 1080. The quantitative estimate of drug-likeness (QED) is 0.512. The molecule has 0 unspecified atom stereocenters. The van der Waals surface area contributed by atoms with Gasteiger partial charge in [0.1, 0.15) is 5.75 Å². The Morgan fingerprint density at radius 2 is 1.81 bits per heavy atom. The fourth-order valence-electron chi connectivity index (χ4n) is 4.04. The fourth-order valence-corrected chi connectivity index (χ4v) is 4.95. The fraction of sp³-hybridized carbons (Fsp3) is 0.391. The molecule has 0 N–H and O–H groups in total. The van der Waals surface area contributed by atoms with E-state index in [0.717, 1.165) is 53.9 Å². The Hall–Kier alpha value is -3.07. The first kappa shape index (κ1) is 20.8. The van der Waals surface area contributed by atoms with Crippen molar-refractivity contribution >= 4 is 23.4 Å². The van der Waals surface area contributed by atoms with Crippen LogP contribution in [0.1, 0.15) is 18.9 Å².